The highest BCUT2D eigenvalue weighted by Gasteiger charge is 2.28. The van der Waals surface area contributed by atoms with Gasteiger partial charge in [0.2, 0.25) is 0 Å². The van der Waals surface area contributed by atoms with Crippen molar-refractivity contribution in [1.29, 1.82) is 0 Å². The van der Waals surface area contributed by atoms with E-state index in [2.05, 4.69) is 38.1 Å². The Kier molecular flexibility index (Phi) is 7.06. The summed E-state index contributed by atoms with van der Waals surface area (Å²) in [6.07, 6.45) is 0.958. The summed E-state index contributed by atoms with van der Waals surface area (Å²) in [6.45, 7) is 9.14. The Morgan fingerprint density at radius 3 is 1.54 bits per heavy atom. The van der Waals surface area contributed by atoms with E-state index < -0.39 is 0 Å². The van der Waals surface area contributed by atoms with Crippen LogP contribution in [0.4, 0.5) is 0 Å². The fourth-order valence-electron chi connectivity index (χ4n) is 3.20. The molecular formula is C22H30O4. The third-order valence-corrected chi connectivity index (χ3v) is 5.03. The number of benzene rings is 2. The van der Waals surface area contributed by atoms with Gasteiger partial charge in [0.1, 0.15) is 24.7 Å². The third-order valence-electron chi connectivity index (χ3n) is 5.03. The van der Waals surface area contributed by atoms with Gasteiger partial charge < -0.3 is 19.7 Å². The summed E-state index contributed by atoms with van der Waals surface area (Å²) in [5, 5.41) is 17.9. The van der Waals surface area contributed by atoms with Crippen LogP contribution >= 0.6 is 0 Å². The summed E-state index contributed by atoms with van der Waals surface area (Å²) in [6, 6.07) is 12.5. The first-order chi connectivity index (χ1) is 12.5. The van der Waals surface area contributed by atoms with E-state index in [0.29, 0.717) is 13.2 Å². The molecule has 26 heavy (non-hydrogen) atoms. The number of hydrogen-bond donors (Lipinski definition) is 2. The lowest BCUT2D eigenvalue weighted by molar-refractivity contribution is 0.200. The van der Waals surface area contributed by atoms with Crippen molar-refractivity contribution in [2.24, 2.45) is 0 Å². The minimum Gasteiger partial charge on any atom is -0.491 e. The molecule has 0 atom stereocenters. The maximum atomic E-state index is 8.94. The van der Waals surface area contributed by atoms with Crippen LogP contribution in [0.1, 0.15) is 42.5 Å². The lowest BCUT2D eigenvalue weighted by Gasteiger charge is -2.31. The molecule has 0 spiro atoms. The molecule has 4 heteroatoms. The van der Waals surface area contributed by atoms with Crippen LogP contribution in [-0.4, -0.2) is 36.6 Å². The fourth-order valence-corrected chi connectivity index (χ4v) is 3.20. The Morgan fingerprint density at radius 1 is 0.808 bits per heavy atom. The van der Waals surface area contributed by atoms with Crippen LogP contribution in [-0.2, 0) is 5.41 Å². The molecule has 0 bridgehead atoms. The minimum absolute atomic E-state index is 0.0118. The number of rotatable bonds is 9. The van der Waals surface area contributed by atoms with Crippen molar-refractivity contribution in [3.63, 3.8) is 0 Å². The first kappa shape index (κ1) is 20.3. The number of aryl methyl sites for hydroxylation is 2. The summed E-state index contributed by atoms with van der Waals surface area (Å²) in [7, 11) is 0. The Bertz CT molecular complexity index is 667. The molecule has 0 heterocycles. The van der Waals surface area contributed by atoms with Crippen molar-refractivity contribution in [2.75, 3.05) is 26.4 Å². The number of aliphatic hydroxyl groups excluding tert-OH is 2. The zero-order valence-electron chi connectivity index (χ0n) is 16.2. The molecule has 142 valence electrons. The van der Waals surface area contributed by atoms with Gasteiger partial charge in [0.05, 0.1) is 13.2 Å². The van der Waals surface area contributed by atoms with Gasteiger partial charge in [0.15, 0.2) is 0 Å². The second-order valence-electron chi connectivity index (χ2n) is 6.79. The van der Waals surface area contributed by atoms with Gasteiger partial charge in [0.25, 0.3) is 0 Å². The van der Waals surface area contributed by atoms with Gasteiger partial charge in [-0.2, -0.15) is 0 Å². The van der Waals surface area contributed by atoms with Gasteiger partial charge in [-0.15, -0.1) is 0 Å². The molecule has 0 amide bonds. The molecule has 0 fully saturated rings. The molecule has 0 saturated heterocycles. The van der Waals surface area contributed by atoms with Crippen LogP contribution in [0.2, 0.25) is 0 Å². The van der Waals surface area contributed by atoms with E-state index in [1.165, 1.54) is 11.1 Å². The molecule has 0 aliphatic rings. The number of aliphatic hydroxyl groups is 2. The largest absolute Gasteiger partial charge is 0.491 e. The van der Waals surface area contributed by atoms with Crippen molar-refractivity contribution >= 4 is 0 Å². The second kappa shape index (κ2) is 9.06. The molecule has 2 N–H and O–H groups in total. The fraction of sp³-hybridized carbons (Fsp3) is 0.455. The molecule has 0 radical (unpaired) electrons. The van der Waals surface area contributed by atoms with Gasteiger partial charge in [0, 0.05) is 5.41 Å². The summed E-state index contributed by atoms with van der Waals surface area (Å²) in [5.74, 6) is 1.62. The molecule has 0 unspecified atom stereocenters. The van der Waals surface area contributed by atoms with E-state index >= 15 is 0 Å². The molecule has 4 nitrogen and oxygen atoms in total. The van der Waals surface area contributed by atoms with Crippen LogP contribution in [0.15, 0.2) is 36.4 Å². The molecule has 0 aromatic heterocycles. The van der Waals surface area contributed by atoms with Crippen molar-refractivity contribution in [1.82, 2.24) is 0 Å². The zero-order chi connectivity index (χ0) is 19.2. The monoisotopic (exact) mass is 358 g/mol. The van der Waals surface area contributed by atoms with E-state index in [-0.39, 0.29) is 18.6 Å². The predicted octanol–water partition coefficient (Wildman–Crippen LogP) is 3.76. The predicted molar refractivity (Wildman–Crippen MR) is 104 cm³/mol. The zero-order valence-corrected chi connectivity index (χ0v) is 16.2. The van der Waals surface area contributed by atoms with Gasteiger partial charge in [-0.25, -0.2) is 0 Å². The normalized spacial score (nSPS) is 11.5. The van der Waals surface area contributed by atoms with E-state index in [4.69, 9.17) is 19.7 Å². The lowest BCUT2D eigenvalue weighted by atomic mass is 9.73. The summed E-state index contributed by atoms with van der Waals surface area (Å²) in [4.78, 5) is 0. The van der Waals surface area contributed by atoms with Crippen molar-refractivity contribution < 1.29 is 19.7 Å². The van der Waals surface area contributed by atoms with E-state index in [1.807, 2.05) is 26.0 Å². The molecule has 2 aromatic carbocycles. The van der Waals surface area contributed by atoms with Crippen molar-refractivity contribution in [3.8, 4) is 11.5 Å². The first-order valence-corrected chi connectivity index (χ1v) is 9.15. The Hall–Kier alpha value is -2.04. The topological polar surface area (TPSA) is 58.9 Å². The van der Waals surface area contributed by atoms with Crippen LogP contribution in [0.5, 0.6) is 11.5 Å². The van der Waals surface area contributed by atoms with Crippen LogP contribution in [0.3, 0.4) is 0 Å². The van der Waals surface area contributed by atoms with E-state index in [9.17, 15) is 0 Å². The lowest BCUT2D eigenvalue weighted by Crippen LogP contribution is -2.23. The Balaban J connectivity index is 2.35. The second-order valence-corrected chi connectivity index (χ2v) is 6.79. The van der Waals surface area contributed by atoms with E-state index in [1.54, 1.807) is 0 Å². The van der Waals surface area contributed by atoms with Crippen molar-refractivity contribution in [2.45, 2.75) is 39.5 Å². The molecule has 0 aliphatic heterocycles. The molecule has 2 aromatic rings. The highest BCUT2D eigenvalue weighted by molar-refractivity contribution is 5.47. The van der Waals surface area contributed by atoms with Gasteiger partial charge in [-0.3, -0.25) is 0 Å². The summed E-state index contributed by atoms with van der Waals surface area (Å²) >= 11 is 0. The highest BCUT2D eigenvalue weighted by Crippen LogP contribution is 2.38. The highest BCUT2D eigenvalue weighted by atomic mass is 16.5. The molecule has 2 rings (SSSR count). The first-order valence-electron chi connectivity index (χ1n) is 9.15. The van der Waals surface area contributed by atoms with Crippen LogP contribution < -0.4 is 9.47 Å². The molecule has 0 aliphatic carbocycles. The average molecular weight is 358 g/mol. The van der Waals surface area contributed by atoms with Crippen LogP contribution in [0.25, 0.3) is 0 Å². The van der Waals surface area contributed by atoms with E-state index in [0.717, 1.165) is 29.0 Å². The van der Waals surface area contributed by atoms with Gasteiger partial charge in [-0.1, -0.05) is 38.1 Å². The quantitative estimate of drug-likeness (QED) is 0.716. The Labute approximate surface area is 156 Å². The standard InChI is InChI=1S/C22H30O4/c1-5-22(4,18-6-8-20(16(2)14-18)25-12-10-23)19-7-9-21(17(3)15-19)26-13-11-24/h6-9,14-15,23-24H,5,10-13H2,1-4H3. The SMILES string of the molecule is CCC(C)(c1ccc(OCCO)c(C)c1)c1ccc(OCCO)c(C)c1. The minimum atomic E-state index is -0.124. The number of hydrogen-bond acceptors (Lipinski definition) is 4. The van der Waals surface area contributed by atoms with Gasteiger partial charge >= 0.3 is 0 Å². The third kappa shape index (κ3) is 4.37. The maximum Gasteiger partial charge on any atom is 0.122 e. The summed E-state index contributed by atoms with van der Waals surface area (Å²) < 4.78 is 11.2. The maximum absolute atomic E-state index is 8.94. The average Bonchev–Trinajstić information content (AvgIpc) is 2.65. The number of ether oxygens (including phenoxy) is 2. The molecule has 0 saturated carbocycles. The van der Waals surface area contributed by atoms with Gasteiger partial charge in [-0.05, 0) is 54.7 Å². The Morgan fingerprint density at radius 2 is 1.23 bits per heavy atom. The van der Waals surface area contributed by atoms with Crippen LogP contribution in [0, 0.1) is 13.8 Å². The summed E-state index contributed by atoms with van der Waals surface area (Å²) in [5.41, 5.74) is 4.47. The molecular weight excluding hydrogens is 328 g/mol. The smallest absolute Gasteiger partial charge is 0.122 e. The van der Waals surface area contributed by atoms with Crippen molar-refractivity contribution in [3.05, 3.63) is 58.7 Å².